The van der Waals surface area contributed by atoms with Gasteiger partial charge in [0.15, 0.2) is 0 Å². The van der Waals surface area contributed by atoms with Gasteiger partial charge in [-0.05, 0) is 17.7 Å². The Bertz CT molecular complexity index is 344. The Hall–Kier alpha value is -1.42. The summed E-state index contributed by atoms with van der Waals surface area (Å²) in [6.45, 7) is 0.448. The summed E-state index contributed by atoms with van der Waals surface area (Å²) in [4.78, 5) is 10.8. The average molecular weight is 195 g/mol. The minimum absolute atomic E-state index is 0.0428. The minimum atomic E-state index is -0.289. The summed E-state index contributed by atoms with van der Waals surface area (Å²) in [5, 5.41) is 2.66. The highest BCUT2D eigenvalue weighted by molar-refractivity contribution is 5.77. The molecule has 0 saturated carbocycles. The normalized spacial score (nSPS) is 21.8. The quantitative estimate of drug-likeness (QED) is 0.726. The van der Waals surface area contributed by atoms with Crippen molar-refractivity contribution in [2.75, 3.05) is 13.2 Å². The highest BCUT2D eigenvalue weighted by Crippen LogP contribution is 2.19. The number of ether oxygens (including phenoxy) is 1. The van der Waals surface area contributed by atoms with Crippen LogP contribution >= 0.6 is 0 Å². The molecule has 1 heterocycles. The fourth-order valence-corrected chi connectivity index (χ4v) is 1.41. The second kappa shape index (κ2) is 3.75. The van der Waals surface area contributed by atoms with Gasteiger partial charge >= 0.3 is 0 Å². The van der Waals surface area contributed by atoms with Crippen LogP contribution in [0.2, 0.25) is 0 Å². The summed E-state index contributed by atoms with van der Waals surface area (Å²) in [5.41, 5.74) is 0.755. The molecule has 1 aromatic rings. The molecule has 1 atom stereocenters. The molecule has 0 bridgehead atoms. The second-order valence-corrected chi connectivity index (χ2v) is 3.16. The highest BCUT2D eigenvalue weighted by Gasteiger charge is 2.19. The number of benzene rings is 1. The third kappa shape index (κ3) is 1.90. The molecule has 0 radical (unpaired) electrons. The zero-order chi connectivity index (χ0) is 9.97. The van der Waals surface area contributed by atoms with Crippen LogP contribution in [0.4, 0.5) is 4.39 Å². The number of rotatable bonds is 1. The number of morpholine rings is 1. The number of carbonyl (C=O) groups excluding carboxylic acids is 1. The van der Waals surface area contributed by atoms with Gasteiger partial charge in [0.2, 0.25) is 5.91 Å². The predicted molar refractivity (Wildman–Crippen MR) is 48.1 cm³/mol. The number of amides is 1. The molecule has 1 fully saturated rings. The number of hydrogen-bond acceptors (Lipinski definition) is 2. The maximum absolute atomic E-state index is 12.9. The lowest BCUT2D eigenvalue weighted by Gasteiger charge is -2.23. The van der Waals surface area contributed by atoms with Crippen molar-refractivity contribution in [3.05, 3.63) is 35.6 Å². The van der Waals surface area contributed by atoms with Crippen LogP contribution in [0, 0.1) is 5.82 Å². The van der Waals surface area contributed by atoms with Crippen LogP contribution in [0.15, 0.2) is 24.3 Å². The van der Waals surface area contributed by atoms with Gasteiger partial charge in [0.05, 0.1) is 0 Å². The minimum Gasteiger partial charge on any atom is -0.362 e. The predicted octanol–water partition coefficient (Wildman–Crippen LogP) is 1.01. The molecule has 1 unspecified atom stereocenters. The molecule has 3 nitrogen and oxygen atoms in total. The van der Waals surface area contributed by atoms with Gasteiger partial charge in [-0.1, -0.05) is 12.1 Å². The maximum Gasteiger partial charge on any atom is 0.246 e. The molecule has 0 spiro atoms. The van der Waals surface area contributed by atoms with Crippen molar-refractivity contribution in [3.8, 4) is 0 Å². The smallest absolute Gasteiger partial charge is 0.246 e. The SMILES string of the molecule is O=C1COC(c2cccc(F)c2)CN1. The van der Waals surface area contributed by atoms with Crippen molar-refractivity contribution < 1.29 is 13.9 Å². The summed E-state index contributed by atoms with van der Waals surface area (Å²) in [5.74, 6) is -0.416. The molecular weight excluding hydrogens is 185 g/mol. The van der Waals surface area contributed by atoms with Gasteiger partial charge in [0.1, 0.15) is 18.5 Å². The van der Waals surface area contributed by atoms with E-state index in [1.165, 1.54) is 12.1 Å². The number of hydrogen-bond donors (Lipinski definition) is 1. The summed E-state index contributed by atoms with van der Waals surface area (Å²) >= 11 is 0. The molecular formula is C10H10FNO2. The van der Waals surface area contributed by atoms with Gasteiger partial charge in [-0.3, -0.25) is 4.79 Å². The van der Waals surface area contributed by atoms with E-state index in [-0.39, 0.29) is 24.4 Å². The van der Waals surface area contributed by atoms with E-state index in [0.29, 0.717) is 6.54 Å². The van der Waals surface area contributed by atoms with E-state index >= 15 is 0 Å². The molecule has 14 heavy (non-hydrogen) atoms. The largest absolute Gasteiger partial charge is 0.362 e. The first-order valence-corrected chi connectivity index (χ1v) is 4.39. The lowest BCUT2D eigenvalue weighted by molar-refractivity contribution is -0.133. The number of nitrogens with one attached hydrogen (secondary N) is 1. The molecule has 1 N–H and O–H groups in total. The Labute approximate surface area is 80.9 Å². The Kier molecular flexibility index (Phi) is 2.45. The number of carbonyl (C=O) groups is 1. The maximum atomic E-state index is 12.9. The fourth-order valence-electron chi connectivity index (χ4n) is 1.41. The Morgan fingerprint density at radius 3 is 3.00 bits per heavy atom. The summed E-state index contributed by atoms with van der Waals surface area (Å²) in [6.07, 6.45) is -0.233. The second-order valence-electron chi connectivity index (χ2n) is 3.16. The van der Waals surface area contributed by atoms with E-state index < -0.39 is 0 Å². The zero-order valence-electron chi connectivity index (χ0n) is 7.50. The van der Waals surface area contributed by atoms with Gasteiger partial charge in [0.25, 0.3) is 0 Å². The van der Waals surface area contributed by atoms with Crippen molar-refractivity contribution in [3.63, 3.8) is 0 Å². The van der Waals surface area contributed by atoms with E-state index in [1.807, 2.05) is 0 Å². The summed E-state index contributed by atoms with van der Waals surface area (Å²) in [6, 6.07) is 6.21. The Morgan fingerprint density at radius 2 is 2.36 bits per heavy atom. The van der Waals surface area contributed by atoms with E-state index in [1.54, 1.807) is 12.1 Å². The van der Waals surface area contributed by atoms with Gasteiger partial charge < -0.3 is 10.1 Å². The summed E-state index contributed by atoms with van der Waals surface area (Å²) in [7, 11) is 0. The summed E-state index contributed by atoms with van der Waals surface area (Å²) < 4.78 is 18.1. The van der Waals surface area contributed by atoms with Crippen molar-refractivity contribution in [1.82, 2.24) is 5.32 Å². The van der Waals surface area contributed by atoms with Crippen LogP contribution in [-0.4, -0.2) is 19.1 Å². The molecule has 1 aliphatic rings. The van der Waals surface area contributed by atoms with Crippen LogP contribution in [0.3, 0.4) is 0 Å². The van der Waals surface area contributed by atoms with Crippen molar-refractivity contribution in [2.45, 2.75) is 6.10 Å². The van der Waals surface area contributed by atoms with Crippen LogP contribution in [0.1, 0.15) is 11.7 Å². The van der Waals surface area contributed by atoms with E-state index in [9.17, 15) is 9.18 Å². The molecule has 1 aliphatic heterocycles. The van der Waals surface area contributed by atoms with Gasteiger partial charge in [0, 0.05) is 6.54 Å². The van der Waals surface area contributed by atoms with Crippen LogP contribution in [0.5, 0.6) is 0 Å². The third-order valence-electron chi connectivity index (χ3n) is 2.12. The molecule has 1 saturated heterocycles. The van der Waals surface area contributed by atoms with Gasteiger partial charge in [-0.2, -0.15) is 0 Å². The van der Waals surface area contributed by atoms with Gasteiger partial charge in [-0.25, -0.2) is 4.39 Å². The van der Waals surface area contributed by atoms with Crippen LogP contribution in [-0.2, 0) is 9.53 Å². The van der Waals surface area contributed by atoms with E-state index in [0.717, 1.165) is 5.56 Å². The van der Waals surface area contributed by atoms with Crippen LogP contribution < -0.4 is 5.32 Å². The van der Waals surface area contributed by atoms with E-state index in [2.05, 4.69) is 5.32 Å². The molecule has 1 aromatic carbocycles. The Balaban J connectivity index is 2.12. The molecule has 4 heteroatoms. The van der Waals surface area contributed by atoms with Crippen LogP contribution in [0.25, 0.3) is 0 Å². The highest BCUT2D eigenvalue weighted by atomic mass is 19.1. The average Bonchev–Trinajstić information content (AvgIpc) is 2.19. The molecule has 0 aliphatic carbocycles. The lowest BCUT2D eigenvalue weighted by atomic mass is 10.1. The number of halogens is 1. The first-order chi connectivity index (χ1) is 6.75. The van der Waals surface area contributed by atoms with Crippen molar-refractivity contribution >= 4 is 5.91 Å². The molecule has 2 rings (SSSR count). The fraction of sp³-hybridized carbons (Fsp3) is 0.300. The third-order valence-corrected chi connectivity index (χ3v) is 2.12. The first-order valence-electron chi connectivity index (χ1n) is 4.39. The van der Waals surface area contributed by atoms with E-state index in [4.69, 9.17) is 4.74 Å². The molecule has 74 valence electrons. The van der Waals surface area contributed by atoms with Crippen molar-refractivity contribution in [2.24, 2.45) is 0 Å². The van der Waals surface area contributed by atoms with Gasteiger partial charge in [-0.15, -0.1) is 0 Å². The first kappa shape index (κ1) is 9.15. The Morgan fingerprint density at radius 1 is 1.50 bits per heavy atom. The zero-order valence-corrected chi connectivity index (χ0v) is 7.50. The monoisotopic (exact) mass is 195 g/mol. The standard InChI is InChI=1S/C10H10FNO2/c11-8-3-1-2-7(4-8)9-5-12-10(13)6-14-9/h1-4,9H,5-6H2,(H,12,13). The lowest BCUT2D eigenvalue weighted by Crippen LogP contribution is -2.38. The van der Waals surface area contributed by atoms with Crippen molar-refractivity contribution in [1.29, 1.82) is 0 Å². The topological polar surface area (TPSA) is 38.3 Å². The molecule has 0 aromatic heterocycles. The molecule has 1 amide bonds.